The number of aryl methyl sites for hydroxylation is 2. The largest absolute Gasteiger partial charge is 0.465 e. The quantitative estimate of drug-likeness (QED) is 0.889. The van der Waals surface area contributed by atoms with Crippen molar-refractivity contribution >= 4 is 12.0 Å². The zero-order valence-corrected chi connectivity index (χ0v) is 16.4. The van der Waals surface area contributed by atoms with Gasteiger partial charge < -0.3 is 14.7 Å². The molecule has 1 fully saturated rings. The van der Waals surface area contributed by atoms with Gasteiger partial charge in [-0.3, -0.25) is 14.7 Å². The molecule has 1 aliphatic rings. The minimum atomic E-state index is -1.19. The molecule has 2 heterocycles. The first kappa shape index (κ1) is 20.2. The number of aromatic nitrogens is 1. The van der Waals surface area contributed by atoms with Gasteiger partial charge in [0.1, 0.15) is 5.54 Å². The first-order chi connectivity index (χ1) is 12.0. The maximum Gasteiger partial charge on any atom is 0.408 e. The molecule has 0 spiro atoms. The van der Waals surface area contributed by atoms with Gasteiger partial charge in [-0.05, 0) is 59.2 Å². The summed E-state index contributed by atoms with van der Waals surface area (Å²) in [6, 6.07) is 3.70. The van der Waals surface area contributed by atoms with E-state index in [1.807, 2.05) is 39.8 Å². The molecular weight excluding hydrogens is 334 g/mol. The maximum atomic E-state index is 13.1. The van der Waals surface area contributed by atoms with Gasteiger partial charge in [0, 0.05) is 24.5 Å². The van der Waals surface area contributed by atoms with Gasteiger partial charge in [-0.15, -0.1) is 0 Å². The number of hydrogen-bond donors (Lipinski definition) is 1. The SMILES string of the molecule is Cc1cc(CN(C(=O)O)C(C)(C)C(=O)N2CC(C)OC(C)C2)cc(C)n1. The second-order valence-corrected chi connectivity index (χ2v) is 7.65. The van der Waals surface area contributed by atoms with E-state index in [4.69, 9.17) is 4.74 Å². The van der Waals surface area contributed by atoms with E-state index in [0.29, 0.717) is 13.1 Å². The number of ether oxygens (including phenoxy) is 1. The van der Waals surface area contributed by atoms with Gasteiger partial charge in [-0.2, -0.15) is 0 Å². The zero-order chi connectivity index (χ0) is 19.6. The highest BCUT2D eigenvalue weighted by Gasteiger charge is 2.42. The van der Waals surface area contributed by atoms with Crippen LogP contribution in [-0.2, 0) is 16.1 Å². The van der Waals surface area contributed by atoms with Crippen LogP contribution in [0, 0.1) is 13.8 Å². The Balaban J connectivity index is 2.26. The Hall–Kier alpha value is -2.15. The number of pyridine rings is 1. The van der Waals surface area contributed by atoms with Crippen LogP contribution in [0.1, 0.15) is 44.6 Å². The van der Waals surface area contributed by atoms with Gasteiger partial charge in [0.15, 0.2) is 0 Å². The number of morpholine rings is 1. The normalized spacial score (nSPS) is 20.8. The summed E-state index contributed by atoms with van der Waals surface area (Å²) in [6.07, 6.45) is -1.26. The minimum absolute atomic E-state index is 0.0673. The molecule has 2 amide bonds. The average Bonchev–Trinajstić information content (AvgIpc) is 2.49. The molecule has 0 radical (unpaired) electrons. The highest BCUT2D eigenvalue weighted by molar-refractivity contribution is 5.89. The molecule has 1 saturated heterocycles. The van der Waals surface area contributed by atoms with Crippen molar-refractivity contribution in [3.8, 4) is 0 Å². The summed E-state index contributed by atoms with van der Waals surface area (Å²) in [5.41, 5.74) is 1.28. The second kappa shape index (κ2) is 7.61. The van der Waals surface area contributed by atoms with E-state index in [1.54, 1.807) is 18.7 Å². The summed E-state index contributed by atoms with van der Waals surface area (Å²) in [6.45, 7) is 12.0. The Bertz CT molecular complexity index is 659. The molecule has 1 aliphatic heterocycles. The molecule has 1 aromatic rings. The lowest BCUT2D eigenvalue weighted by atomic mass is 9.98. The Labute approximate surface area is 155 Å². The van der Waals surface area contributed by atoms with E-state index in [0.717, 1.165) is 17.0 Å². The van der Waals surface area contributed by atoms with Crippen molar-refractivity contribution in [3.63, 3.8) is 0 Å². The van der Waals surface area contributed by atoms with Crippen molar-refractivity contribution < 1.29 is 19.4 Å². The van der Waals surface area contributed by atoms with E-state index in [-0.39, 0.29) is 24.7 Å². The standard InChI is InChI=1S/C19H29N3O4/c1-12-7-16(8-13(2)20-12)11-22(18(24)25)19(5,6)17(23)21-9-14(3)26-15(4)10-21/h7-8,14-15H,9-11H2,1-6H3,(H,24,25). The van der Waals surface area contributed by atoms with Crippen molar-refractivity contribution in [2.24, 2.45) is 0 Å². The van der Waals surface area contributed by atoms with E-state index in [2.05, 4.69) is 4.98 Å². The fraction of sp³-hybridized carbons (Fsp3) is 0.632. The Morgan fingerprint density at radius 1 is 1.23 bits per heavy atom. The third-order valence-corrected chi connectivity index (χ3v) is 4.62. The van der Waals surface area contributed by atoms with E-state index >= 15 is 0 Å². The lowest BCUT2D eigenvalue weighted by Crippen LogP contribution is -2.60. The molecule has 2 rings (SSSR count). The molecule has 2 atom stereocenters. The minimum Gasteiger partial charge on any atom is -0.465 e. The van der Waals surface area contributed by atoms with Crippen molar-refractivity contribution in [3.05, 3.63) is 29.1 Å². The first-order valence-corrected chi connectivity index (χ1v) is 8.90. The monoisotopic (exact) mass is 363 g/mol. The fourth-order valence-corrected chi connectivity index (χ4v) is 3.55. The van der Waals surface area contributed by atoms with Crippen LogP contribution in [-0.4, -0.2) is 62.7 Å². The molecule has 26 heavy (non-hydrogen) atoms. The lowest BCUT2D eigenvalue weighted by molar-refractivity contribution is -0.153. The third-order valence-electron chi connectivity index (χ3n) is 4.62. The van der Waals surface area contributed by atoms with Crippen molar-refractivity contribution in [2.45, 2.75) is 65.8 Å². The highest BCUT2D eigenvalue weighted by Crippen LogP contribution is 2.24. The van der Waals surface area contributed by atoms with Crippen LogP contribution >= 0.6 is 0 Å². The van der Waals surface area contributed by atoms with Gasteiger partial charge in [0.05, 0.1) is 18.8 Å². The van der Waals surface area contributed by atoms with Crippen molar-refractivity contribution in [1.29, 1.82) is 0 Å². The molecular formula is C19H29N3O4. The number of nitrogens with zero attached hydrogens (tertiary/aromatic N) is 3. The lowest BCUT2D eigenvalue weighted by Gasteiger charge is -2.42. The van der Waals surface area contributed by atoms with Gasteiger partial charge in [-0.1, -0.05) is 0 Å². The smallest absolute Gasteiger partial charge is 0.408 e. The summed E-state index contributed by atoms with van der Waals surface area (Å²) in [5.74, 6) is -0.204. The Morgan fingerprint density at radius 3 is 2.19 bits per heavy atom. The summed E-state index contributed by atoms with van der Waals surface area (Å²) in [5, 5.41) is 9.77. The topological polar surface area (TPSA) is 83.0 Å². The summed E-state index contributed by atoms with van der Waals surface area (Å²) < 4.78 is 5.68. The summed E-state index contributed by atoms with van der Waals surface area (Å²) >= 11 is 0. The summed E-state index contributed by atoms with van der Waals surface area (Å²) in [7, 11) is 0. The van der Waals surface area contributed by atoms with Crippen LogP contribution in [0.5, 0.6) is 0 Å². The molecule has 7 heteroatoms. The molecule has 0 bridgehead atoms. The van der Waals surface area contributed by atoms with E-state index in [9.17, 15) is 14.7 Å². The van der Waals surface area contributed by atoms with Gasteiger partial charge in [0.25, 0.3) is 0 Å². The number of carbonyl (C=O) groups is 2. The van der Waals surface area contributed by atoms with Gasteiger partial charge in [-0.25, -0.2) is 4.79 Å². The third kappa shape index (κ3) is 4.52. The molecule has 144 valence electrons. The second-order valence-electron chi connectivity index (χ2n) is 7.65. The molecule has 0 saturated carbocycles. The molecule has 2 unspecified atom stereocenters. The van der Waals surface area contributed by atoms with Crippen LogP contribution in [0.15, 0.2) is 12.1 Å². The van der Waals surface area contributed by atoms with Crippen LogP contribution in [0.2, 0.25) is 0 Å². The Kier molecular flexibility index (Phi) is 5.91. The predicted molar refractivity (Wildman–Crippen MR) is 97.9 cm³/mol. The van der Waals surface area contributed by atoms with Crippen LogP contribution in [0.4, 0.5) is 4.79 Å². The maximum absolute atomic E-state index is 13.1. The average molecular weight is 363 g/mol. The van der Waals surface area contributed by atoms with Crippen molar-refractivity contribution in [2.75, 3.05) is 13.1 Å². The molecule has 7 nitrogen and oxygen atoms in total. The van der Waals surface area contributed by atoms with Crippen molar-refractivity contribution in [1.82, 2.24) is 14.8 Å². The molecule has 0 aliphatic carbocycles. The Morgan fingerprint density at radius 2 is 1.73 bits per heavy atom. The molecule has 1 aromatic heterocycles. The number of amides is 2. The molecule has 1 N–H and O–H groups in total. The number of hydrogen-bond acceptors (Lipinski definition) is 4. The van der Waals surface area contributed by atoms with E-state index < -0.39 is 11.6 Å². The number of carbonyl (C=O) groups excluding carboxylic acids is 1. The summed E-state index contributed by atoms with van der Waals surface area (Å²) in [4.78, 5) is 32.3. The number of rotatable bonds is 4. The predicted octanol–water partition coefficient (Wildman–Crippen LogP) is 2.59. The zero-order valence-electron chi connectivity index (χ0n) is 16.4. The highest BCUT2D eigenvalue weighted by atomic mass is 16.5. The van der Waals surface area contributed by atoms with Crippen LogP contribution in [0.3, 0.4) is 0 Å². The number of carboxylic acid groups (broad SMARTS) is 1. The van der Waals surface area contributed by atoms with Crippen LogP contribution in [0.25, 0.3) is 0 Å². The molecule has 0 aromatic carbocycles. The van der Waals surface area contributed by atoms with E-state index in [1.165, 1.54) is 4.90 Å². The van der Waals surface area contributed by atoms with Gasteiger partial charge in [0.2, 0.25) is 5.91 Å². The fourth-order valence-electron chi connectivity index (χ4n) is 3.55. The van der Waals surface area contributed by atoms with Crippen LogP contribution < -0.4 is 0 Å². The first-order valence-electron chi connectivity index (χ1n) is 8.90. The van der Waals surface area contributed by atoms with Gasteiger partial charge >= 0.3 is 6.09 Å².